The molecule has 1 aromatic rings. The van der Waals surface area contributed by atoms with Crippen LogP contribution in [-0.2, 0) is 11.3 Å². The molecule has 0 spiro atoms. The summed E-state index contributed by atoms with van der Waals surface area (Å²) >= 11 is 0. The Balaban J connectivity index is 2.51. The van der Waals surface area contributed by atoms with E-state index in [2.05, 4.69) is 38.1 Å². The van der Waals surface area contributed by atoms with E-state index in [0.29, 0.717) is 6.61 Å². The molecule has 1 aromatic heterocycles. The lowest BCUT2D eigenvalue weighted by molar-refractivity contribution is 0.0764. The Hall–Kier alpha value is -1.07. The normalized spacial score (nSPS) is 13.5. The zero-order valence-corrected chi connectivity index (χ0v) is 12.8. The average molecular weight is 269 g/mol. The highest BCUT2D eigenvalue weighted by Crippen LogP contribution is 2.11. The monoisotopic (exact) mass is 269 g/mol. The fourth-order valence-corrected chi connectivity index (χ4v) is 1.69. The van der Waals surface area contributed by atoms with Crippen molar-refractivity contribution in [2.75, 3.05) is 20.3 Å². The van der Waals surface area contributed by atoms with Crippen molar-refractivity contribution in [1.82, 2.24) is 15.1 Å². The van der Waals surface area contributed by atoms with Crippen molar-refractivity contribution in [3.63, 3.8) is 0 Å². The second kappa shape index (κ2) is 7.50. The van der Waals surface area contributed by atoms with Crippen LogP contribution < -0.4 is 10.1 Å². The van der Waals surface area contributed by atoms with Crippen LogP contribution in [-0.4, -0.2) is 41.7 Å². The number of nitrogens with one attached hydrogen (secondary N) is 1. The summed E-state index contributed by atoms with van der Waals surface area (Å²) < 4.78 is 13.0. The number of rotatable bonds is 8. The number of ether oxygens (including phenoxy) is 2. The van der Waals surface area contributed by atoms with E-state index < -0.39 is 0 Å². The maximum absolute atomic E-state index is 5.91. The Bertz CT molecular complexity index is 358. The summed E-state index contributed by atoms with van der Waals surface area (Å²) in [5.74, 6) is 0.797. The molecule has 0 saturated heterocycles. The molecule has 0 aliphatic rings. The Morgan fingerprint density at radius 3 is 2.74 bits per heavy atom. The molecule has 5 nitrogen and oxygen atoms in total. The Kier molecular flexibility index (Phi) is 6.31. The topological polar surface area (TPSA) is 48.3 Å². The summed E-state index contributed by atoms with van der Waals surface area (Å²) in [5.41, 5.74) is 0.0712. The summed E-state index contributed by atoms with van der Waals surface area (Å²) in [6.07, 6.45) is 4.75. The molecule has 0 saturated carbocycles. The molecule has 1 rings (SSSR count). The van der Waals surface area contributed by atoms with Crippen LogP contribution in [0.1, 0.15) is 34.1 Å². The molecule has 1 atom stereocenters. The van der Waals surface area contributed by atoms with E-state index in [1.165, 1.54) is 0 Å². The van der Waals surface area contributed by atoms with Gasteiger partial charge in [-0.1, -0.05) is 6.92 Å². The van der Waals surface area contributed by atoms with E-state index in [9.17, 15) is 0 Å². The SMILES string of the molecule is CCCn1cc(OC(CNC(C)(C)C)COC)cn1. The van der Waals surface area contributed by atoms with Gasteiger partial charge in [0.1, 0.15) is 6.10 Å². The number of aromatic nitrogens is 2. The first-order chi connectivity index (χ1) is 8.94. The van der Waals surface area contributed by atoms with Crippen molar-refractivity contribution in [2.45, 2.75) is 52.3 Å². The van der Waals surface area contributed by atoms with E-state index in [-0.39, 0.29) is 11.6 Å². The second-order valence-electron chi connectivity index (χ2n) is 5.77. The first kappa shape index (κ1) is 16.0. The molecule has 0 fully saturated rings. The Labute approximate surface area is 116 Å². The number of methoxy groups -OCH3 is 1. The van der Waals surface area contributed by atoms with Crippen molar-refractivity contribution in [1.29, 1.82) is 0 Å². The lowest BCUT2D eigenvalue weighted by Gasteiger charge is -2.25. The summed E-state index contributed by atoms with van der Waals surface area (Å²) in [7, 11) is 1.69. The van der Waals surface area contributed by atoms with Crippen LogP contribution in [0.4, 0.5) is 0 Å². The van der Waals surface area contributed by atoms with Gasteiger partial charge in [0.15, 0.2) is 5.75 Å². The van der Waals surface area contributed by atoms with Gasteiger partial charge in [-0.25, -0.2) is 0 Å². The largest absolute Gasteiger partial charge is 0.483 e. The molecule has 0 aliphatic carbocycles. The second-order valence-corrected chi connectivity index (χ2v) is 5.77. The Morgan fingerprint density at radius 1 is 1.42 bits per heavy atom. The Morgan fingerprint density at radius 2 is 2.16 bits per heavy atom. The lowest BCUT2D eigenvalue weighted by Crippen LogP contribution is -2.44. The van der Waals surface area contributed by atoms with Crippen LogP contribution in [0, 0.1) is 0 Å². The number of nitrogens with zero attached hydrogens (tertiary/aromatic N) is 2. The number of aryl methyl sites for hydroxylation is 1. The van der Waals surface area contributed by atoms with E-state index in [1.54, 1.807) is 13.3 Å². The van der Waals surface area contributed by atoms with Gasteiger partial charge in [-0.05, 0) is 27.2 Å². The predicted octanol–water partition coefficient (Wildman–Crippen LogP) is 2.07. The molecular formula is C14H27N3O2. The van der Waals surface area contributed by atoms with Crippen LogP contribution in [0.5, 0.6) is 5.75 Å². The van der Waals surface area contributed by atoms with Gasteiger partial charge in [0, 0.05) is 25.7 Å². The first-order valence-corrected chi connectivity index (χ1v) is 6.87. The average Bonchev–Trinajstić information content (AvgIpc) is 2.73. The molecule has 5 heteroatoms. The van der Waals surface area contributed by atoms with E-state index in [0.717, 1.165) is 25.3 Å². The molecule has 0 aromatic carbocycles. The highest BCUT2D eigenvalue weighted by Gasteiger charge is 2.16. The van der Waals surface area contributed by atoms with Gasteiger partial charge >= 0.3 is 0 Å². The van der Waals surface area contributed by atoms with Gasteiger partial charge in [-0.3, -0.25) is 4.68 Å². The summed E-state index contributed by atoms with van der Waals surface area (Å²) in [5, 5.41) is 7.69. The summed E-state index contributed by atoms with van der Waals surface area (Å²) in [6, 6.07) is 0. The van der Waals surface area contributed by atoms with Gasteiger partial charge in [-0.15, -0.1) is 0 Å². The highest BCUT2D eigenvalue weighted by atomic mass is 16.5. The standard InChI is InChI=1S/C14H27N3O2/c1-6-7-17-10-12(9-16-17)19-13(11-18-5)8-15-14(2,3)4/h9-10,13,15H,6-8,11H2,1-5H3. The van der Waals surface area contributed by atoms with Crippen molar-refractivity contribution >= 4 is 0 Å². The minimum atomic E-state index is -0.0106. The molecule has 0 bridgehead atoms. The number of hydrogen-bond acceptors (Lipinski definition) is 4. The fraction of sp³-hybridized carbons (Fsp3) is 0.786. The molecule has 1 heterocycles. The third-order valence-electron chi connectivity index (χ3n) is 2.58. The molecule has 0 aliphatic heterocycles. The quantitative estimate of drug-likeness (QED) is 0.785. The lowest BCUT2D eigenvalue weighted by atomic mass is 10.1. The molecule has 1 unspecified atom stereocenters. The molecule has 110 valence electrons. The van der Waals surface area contributed by atoms with Crippen molar-refractivity contribution in [3.05, 3.63) is 12.4 Å². The van der Waals surface area contributed by atoms with E-state index in [1.807, 2.05) is 10.9 Å². The van der Waals surface area contributed by atoms with Gasteiger partial charge in [0.05, 0.1) is 19.0 Å². The van der Waals surface area contributed by atoms with Gasteiger partial charge < -0.3 is 14.8 Å². The van der Waals surface area contributed by atoms with Crippen LogP contribution in [0.3, 0.4) is 0 Å². The van der Waals surface area contributed by atoms with Crippen LogP contribution >= 0.6 is 0 Å². The zero-order chi connectivity index (χ0) is 14.3. The van der Waals surface area contributed by atoms with Crippen LogP contribution in [0.25, 0.3) is 0 Å². The van der Waals surface area contributed by atoms with E-state index in [4.69, 9.17) is 9.47 Å². The highest BCUT2D eigenvalue weighted by molar-refractivity contribution is 5.12. The van der Waals surface area contributed by atoms with Gasteiger partial charge in [-0.2, -0.15) is 5.10 Å². The molecule has 1 N–H and O–H groups in total. The summed E-state index contributed by atoms with van der Waals surface area (Å²) in [6.45, 7) is 10.8. The zero-order valence-electron chi connectivity index (χ0n) is 12.8. The number of hydrogen-bond donors (Lipinski definition) is 1. The van der Waals surface area contributed by atoms with Crippen LogP contribution in [0.2, 0.25) is 0 Å². The maximum atomic E-state index is 5.91. The van der Waals surface area contributed by atoms with Crippen LogP contribution in [0.15, 0.2) is 12.4 Å². The molecule has 19 heavy (non-hydrogen) atoms. The van der Waals surface area contributed by atoms with Crippen molar-refractivity contribution in [2.24, 2.45) is 0 Å². The van der Waals surface area contributed by atoms with E-state index >= 15 is 0 Å². The maximum Gasteiger partial charge on any atom is 0.157 e. The first-order valence-electron chi connectivity index (χ1n) is 6.87. The minimum Gasteiger partial charge on any atom is -0.483 e. The molecular weight excluding hydrogens is 242 g/mol. The van der Waals surface area contributed by atoms with Gasteiger partial charge in [0.25, 0.3) is 0 Å². The molecule has 0 radical (unpaired) electrons. The smallest absolute Gasteiger partial charge is 0.157 e. The van der Waals surface area contributed by atoms with Crippen molar-refractivity contribution < 1.29 is 9.47 Å². The fourth-order valence-electron chi connectivity index (χ4n) is 1.69. The third kappa shape index (κ3) is 6.59. The predicted molar refractivity (Wildman–Crippen MR) is 76.6 cm³/mol. The van der Waals surface area contributed by atoms with Crippen molar-refractivity contribution in [3.8, 4) is 5.75 Å². The third-order valence-corrected chi connectivity index (χ3v) is 2.58. The molecule has 0 amide bonds. The minimum absolute atomic E-state index is 0.0106. The summed E-state index contributed by atoms with van der Waals surface area (Å²) in [4.78, 5) is 0. The van der Waals surface area contributed by atoms with Gasteiger partial charge in [0.2, 0.25) is 0 Å².